The van der Waals surface area contributed by atoms with E-state index in [1.807, 2.05) is 0 Å². The van der Waals surface area contributed by atoms with Gasteiger partial charge in [0.25, 0.3) is 0 Å². The van der Waals surface area contributed by atoms with Crippen molar-refractivity contribution in [3.63, 3.8) is 0 Å². The second-order valence-corrected chi connectivity index (χ2v) is 5.67. The Hall–Kier alpha value is -1.95. The standard InChI is InChI=1S/C11H9NO4S/c1-17(15,16)9-2-3-10-7(5-9)4-8(6-12-10)11(13)14/h2-6H,1H3,(H,13,14). The van der Waals surface area contributed by atoms with Crippen LogP contribution in [0.15, 0.2) is 35.4 Å². The van der Waals surface area contributed by atoms with Crippen molar-refractivity contribution in [2.24, 2.45) is 0 Å². The fourth-order valence-corrected chi connectivity index (χ4v) is 2.11. The minimum Gasteiger partial charge on any atom is -0.478 e. The van der Waals surface area contributed by atoms with Crippen LogP contribution in [-0.4, -0.2) is 30.7 Å². The second-order valence-electron chi connectivity index (χ2n) is 3.66. The van der Waals surface area contributed by atoms with Gasteiger partial charge in [0, 0.05) is 17.8 Å². The molecule has 0 unspecified atom stereocenters. The van der Waals surface area contributed by atoms with E-state index in [-0.39, 0.29) is 10.5 Å². The van der Waals surface area contributed by atoms with E-state index in [4.69, 9.17) is 5.11 Å². The molecule has 1 heterocycles. The third kappa shape index (κ3) is 2.26. The van der Waals surface area contributed by atoms with Crippen molar-refractivity contribution in [3.8, 4) is 0 Å². The molecule has 2 aromatic rings. The number of carboxylic acids is 1. The fraction of sp³-hybridized carbons (Fsp3) is 0.0909. The Bertz CT molecular complexity index is 706. The van der Waals surface area contributed by atoms with Crippen LogP contribution in [-0.2, 0) is 9.84 Å². The highest BCUT2D eigenvalue weighted by Crippen LogP contribution is 2.18. The van der Waals surface area contributed by atoms with E-state index in [1.54, 1.807) is 6.07 Å². The molecular weight excluding hydrogens is 242 g/mol. The number of sulfone groups is 1. The molecule has 0 aliphatic rings. The summed E-state index contributed by atoms with van der Waals surface area (Å²) in [4.78, 5) is 14.9. The summed E-state index contributed by atoms with van der Waals surface area (Å²) in [6, 6.07) is 5.83. The van der Waals surface area contributed by atoms with Crippen molar-refractivity contribution in [2.75, 3.05) is 6.26 Å². The van der Waals surface area contributed by atoms with E-state index >= 15 is 0 Å². The van der Waals surface area contributed by atoms with Crippen molar-refractivity contribution in [1.29, 1.82) is 0 Å². The zero-order valence-corrected chi connectivity index (χ0v) is 9.73. The Kier molecular flexibility index (Phi) is 2.59. The van der Waals surface area contributed by atoms with Gasteiger partial charge in [-0.3, -0.25) is 4.98 Å². The average Bonchev–Trinajstić information content (AvgIpc) is 2.26. The van der Waals surface area contributed by atoms with Gasteiger partial charge in [-0.1, -0.05) is 0 Å². The van der Waals surface area contributed by atoms with Gasteiger partial charge in [-0.2, -0.15) is 0 Å². The van der Waals surface area contributed by atoms with Crippen molar-refractivity contribution in [1.82, 2.24) is 4.98 Å². The Balaban J connectivity index is 2.71. The molecule has 0 amide bonds. The summed E-state index contributed by atoms with van der Waals surface area (Å²) in [7, 11) is -3.30. The lowest BCUT2D eigenvalue weighted by molar-refractivity contribution is 0.0696. The van der Waals surface area contributed by atoms with Crippen LogP contribution in [0.5, 0.6) is 0 Å². The molecule has 6 heteroatoms. The minimum atomic E-state index is -3.30. The minimum absolute atomic E-state index is 0.0307. The maximum absolute atomic E-state index is 11.4. The molecule has 88 valence electrons. The predicted molar refractivity (Wildman–Crippen MR) is 61.8 cm³/mol. The lowest BCUT2D eigenvalue weighted by Gasteiger charge is -2.02. The highest BCUT2D eigenvalue weighted by molar-refractivity contribution is 7.90. The molecule has 1 aromatic heterocycles. The van der Waals surface area contributed by atoms with Crippen molar-refractivity contribution >= 4 is 26.7 Å². The summed E-state index contributed by atoms with van der Waals surface area (Å²) in [6.07, 6.45) is 2.34. The first-order valence-corrected chi connectivity index (χ1v) is 6.60. The van der Waals surface area contributed by atoms with E-state index in [9.17, 15) is 13.2 Å². The number of nitrogens with zero attached hydrogens (tertiary/aromatic N) is 1. The molecule has 0 atom stereocenters. The largest absolute Gasteiger partial charge is 0.478 e. The Morgan fingerprint density at radius 1 is 1.29 bits per heavy atom. The summed E-state index contributed by atoms with van der Waals surface area (Å²) in [5.74, 6) is -1.09. The van der Waals surface area contributed by atoms with E-state index < -0.39 is 15.8 Å². The molecule has 5 nitrogen and oxygen atoms in total. The van der Waals surface area contributed by atoms with Gasteiger partial charge in [0.1, 0.15) is 0 Å². The summed E-state index contributed by atoms with van der Waals surface area (Å²) < 4.78 is 22.7. The molecule has 0 saturated heterocycles. The topological polar surface area (TPSA) is 84.3 Å². The number of hydrogen-bond acceptors (Lipinski definition) is 4. The van der Waals surface area contributed by atoms with Gasteiger partial charge in [-0.15, -0.1) is 0 Å². The van der Waals surface area contributed by atoms with Gasteiger partial charge in [0.05, 0.1) is 16.0 Å². The maximum Gasteiger partial charge on any atom is 0.337 e. The van der Waals surface area contributed by atoms with Crippen molar-refractivity contribution < 1.29 is 18.3 Å². The van der Waals surface area contributed by atoms with Crippen molar-refractivity contribution in [2.45, 2.75) is 4.90 Å². The molecule has 0 aliphatic heterocycles. The average molecular weight is 251 g/mol. The first kappa shape index (κ1) is 11.5. The van der Waals surface area contributed by atoms with Crippen LogP contribution in [0.4, 0.5) is 0 Å². The molecule has 0 bridgehead atoms. The first-order chi connectivity index (χ1) is 7.88. The number of fused-ring (bicyclic) bond motifs is 1. The number of hydrogen-bond donors (Lipinski definition) is 1. The molecule has 1 N–H and O–H groups in total. The lowest BCUT2D eigenvalue weighted by atomic mass is 10.1. The SMILES string of the molecule is CS(=O)(=O)c1ccc2ncc(C(=O)O)cc2c1. The highest BCUT2D eigenvalue weighted by Gasteiger charge is 2.10. The maximum atomic E-state index is 11.4. The molecule has 0 radical (unpaired) electrons. The Morgan fingerprint density at radius 2 is 2.00 bits per heavy atom. The quantitative estimate of drug-likeness (QED) is 0.870. The summed E-state index contributed by atoms with van der Waals surface area (Å²) in [5.41, 5.74) is 0.588. The number of aromatic nitrogens is 1. The van der Waals surface area contributed by atoms with Gasteiger partial charge in [0.2, 0.25) is 0 Å². The van der Waals surface area contributed by atoms with Crippen molar-refractivity contribution in [3.05, 3.63) is 36.0 Å². The number of carbonyl (C=O) groups is 1. The molecule has 0 fully saturated rings. The predicted octanol–water partition coefficient (Wildman–Crippen LogP) is 1.34. The van der Waals surface area contributed by atoms with Gasteiger partial charge >= 0.3 is 5.97 Å². The molecule has 17 heavy (non-hydrogen) atoms. The van der Waals surface area contributed by atoms with Crippen LogP contribution in [0.2, 0.25) is 0 Å². The van der Waals surface area contributed by atoms with Gasteiger partial charge in [0.15, 0.2) is 9.84 Å². The van der Waals surface area contributed by atoms with Gasteiger partial charge in [-0.05, 0) is 24.3 Å². The van der Waals surface area contributed by atoms with E-state index in [2.05, 4.69) is 4.98 Å². The molecule has 0 spiro atoms. The summed E-state index contributed by atoms with van der Waals surface area (Å²) in [6.45, 7) is 0. The van der Waals surface area contributed by atoms with Crippen LogP contribution in [0.3, 0.4) is 0 Å². The zero-order chi connectivity index (χ0) is 12.6. The monoisotopic (exact) mass is 251 g/mol. The molecule has 0 aliphatic carbocycles. The number of pyridine rings is 1. The number of benzene rings is 1. The van der Waals surface area contributed by atoms with Gasteiger partial charge < -0.3 is 5.11 Å². The van der Waals surface area contributed by atoms with E-state index in [0.717, 1.165) is 6.26 Å². The zero-order valence-electron chi connectivity index (χ0n) is 8.91. The van der Waals surface area contributed by atoms with E-state index in [0.29, 0.717) is 10.9 Å². The molecule has 2 rings (SSSR count). The third-order valence-electron chi connectivity index (χ3n) is 2.33. The fourth-order valence-electron chi connectivity index (χ4n) is 1.46. The van der Waals surface area contributed by atoms with E-state index in [1.165, 1.54) is 24.4 Å². The van der Waals surface area contributed by atoms with Gasteiger partial charge in [-0.25, -0.2) is 13.2 Å². The molecule has 0 saturated carbocycles. The third-order valence-corrected chi connectivity index (χ3v) is 3.44. The second kappa shape index (κ2) is 3.81. The number of rotatable bonds is 2. The Morgan fingerprint density at radius 3 is 2.59 bits per heavy atom. The summed E-state index contributed by atoms with van der Waals surface area (Å²) >= 11 is 0. The molecular formula is C11H9NO4S. The summed E-state index contributed by atoms with van der Waals surface area (Å²) in [5, 5.41) is 9.31. The van der Waals surface area contributed by atoms with Crippen LogP contribution in [0, 0.1) is 0 Å². The highest BCUT2D eigenvalue weighted by atomic mass is 32.2. The first-order valence-electron chi connectivity index (χ1n) is 4.71. The smallest absolute Gasteiger partial charge is 0.337 e. The number of carboxylic acid groups (broad SMARTS) is 1. The van der Waals surface area contributed by atoms with Crippen LogP contribution in [0.25, 0.3) is 10.9 Å². The Labute approximate surface area is 97.6 Å². The number of aromatic carboxylic acids is 1. The van der Waals surface area contributed by atoms with Crippen LogP contribution < -0.4 is 0 Å². The lowest BCUT2D eigenvalue weighted by Crippen LogP contribution is -1.99. The van der Waals surface area contributed by atoms with Crippen LogP contribution in [0.1, 0.15) is 10.4 Å². The van der Waals surface area contributed by atoms with Crippen LogP contribution >= 0.6 is 0 Å². The normalized spacial score (nSPS) is 11.6. The molecule has 1 aromatic carbocycles.